The van der Waals surface area contributed by atoms with Crippen molar-refractivity contribution in [2.45, 2.75) is 34.3 Å². The van der Waals surface area contributed by atoms with Crippen LogP contribution >= 0.6 is 0 Å². The number of benzene rings is 1. The van der Waals surface area contributed by atoms with E-state index in [2.05, 4.69) is 0 Å². The molecule has 0 atom stereocenters. The van der Waals surface area contributed by atoms with Crippen LogP contribution in [0.25, 0.3) is 0 Å². The Balaban J connectivity index is 3.56. The topological polar surface area (TPSA) is 40.5 Å². The molecule has 0 bridgehead atoms. The van der Waals surface area contributed by atoms with E-state index in [4.69, 9.17) is 5.11 Å². The first-order chi connectivity index (χ1) is 6.00. The van der Waals surface area contributed by atoms with E-state index in [-0.39, 0.29) is 6.61 Å². The van der Waals surface area contributed by atoms with Crippen molar-refractivity contribution in [2.75, 3.05) is 0 Å². The molecule has 0 aromatic heterocycles. The number of aliphatic hydroxyl groups excluding tert-OH is 1. The summed E-state index contributed by atoms with van der Waals surface area (Å²) in [6.45, 7) is 7.63. The fourth-order valence-corrected chi connectivity index (χ4v) is 1.61. The monoisotopic (exact) mass is 180 g/mol. The Morgan fingerprint density at radius 3 is 1.54 bits per heavy atom. The highest BCUT2D eigenvalue weighted by atomic mass is 16.3. The van der Waals surface area contributed by atoms with Crippen molar-refractivity contribution in [3.05, 3.63) is 27.8 Å². The summed E-state index contributed by atoms with van der Waals surface area (Å²) in [4.78, 5) is 0. The summed E-state index contributed by atoms with van der Waals surface area (Å²) in [6.07, 6.45) is 0. The second-order valence-electron chi connectivity index (χ2n) is 3.49. The van der Waals surface area contributed by atoms with Gasteiger partial charge in [-0.25, -0.2) is 0 Å². The van der Waals surface area contributed by atoms with Crippen LogP contribution in [0.5, 0.6) is 5.75 Å². The van der Waals surface area contributed by atoms with Gasteiger partial charge in [0.05, 0.1) is 6.61 Å². The molecular weight excluding hydrogens is 164 g/mol. The van der Waals surface area contributed by atoms with E-state index in [9.17, 15) is 5.11 Å². The molecule has 1 rings (SSSR count). The van der Waals surface area contributed by atoms with Gasteiger partial charge in [0.15, 0.2) is 0 Å². The lowest BCUT2D eigenvalue weighted by Gasteiger charge is -2.15. The average molecular weight is 180 g/mol. The molecule has 0 radical (unpaired) electrons. The summed E-state index contributed by atoms with van der Waals surface area (Å²) < 4.78 is 0. The highest BCUT2D eigenvalue weighted by molar-refractivity contribution is 5.52. The van der Waals surface area contributed by atoms with Gasteiger partial charge in [0.1, 0.15) is 5.75 Å². The van der Waals surface area contributed by atoms with Crippen LogP contribution in [0.1, 0.15) is 27.8 Å². The zero-order valence-corrected chi connectivity index (χ0v) is 8.60. The van der Waals surface area contributed by atoms with Crippen LogP contribution < -0.4 is 0 Å². The summed E-state index contributed by atoms with van der Waals surface area (Å²) in [5, 5.41) is 18.9. The molecule has 2 nitrogen and oxygen atoms in total. The maximum Gasteiger partial charge on any atom is 0.121 e. The normalized spacial score (nSPS) is 10.5. The molecule has 0 heterocycles. The Hall–Kier alpha value is -1.02. The molecule has 0 saturated carbocycles. The summed E-state index contributed by atoms with van der Waals surface area (Å²) in [5.41, 5.74) is 4.65. The molecule has 2 heteroatoms. The van der Waals surface area contributed by atoms with Crippen molar-refractivity contribution in [2.24, 2.45) is 0 Å². The molecule has 0 fully saturated rings. The van der Waals surface area contributed by atoms with Crippen molar-refractivity contribution in [3.8, 4) is 5.75 Å². The summed E-state index contributed by atoms with van der Waals surface area (Å²) in [5.74, 6) is 0.354. The van der Waals surface area contributed by atoms with Crippen LogP contribution in [-0.2, 0) is 6.61 Å². The second-order valence-corrected chi connectivity index (χ2v) is 3.49. The molecule has 72 valence electrons. The molecule has 0 aliphatic rings. The van der Waals surface area contributed by atoms with E-state index >= 15 is 0 Å². The van der Waals surface area contributed by atoms with Crippen molar-refractivity contribution in [1.29, 1.82) is 0 Å². The van der Waals surface area contributed by atoms with E-state index in [1.165, 1.54) is 0 Å². The van der Waals surface area contributed by atoms with Crippen LogP contribution in [0.15, 0.2) is 0 Å². The number of aromatic hydroxyl groups is 1. The molecule has 0 spiro atoms. The minimum atomic E-state index is 0.0413. The summed E-state index contributed by atoms with van der Waals surface area (Å²) in [7, 11) is 0. The SMILES string of the molecule is Cc1c(C)c(CO)c(C)c(C)c1O. The number of aliphatic hydroxyl groups is 1. The van der Waals surface area contributed by atoms with E-state index in [1.807, 2.05) is 27.7 Å². The van der Waals surface area contributed by atoms with Crippen LogP contribution in [0.3, 0.4) is 0 Å². The summed E-state index contributed by atoms with van der Waals surface area (Å²) in [6, 6.07) is 0. The molecule has 0 unspecified atom stereocenters. The largest absolute Gasteiger partial charge is 0.507 e. The minimum absolute atomic E-state index is 0.0413. The molecule has 0 aliphatic carbocycles. The number of phenols is 1. The van der Waals surface area contributed by atoms with Crippen LogP contribution in [-0.4, -0.2) is 10.2 Å². The van der Waals surface area contributed by atoms with Gasteiger partial charge in [-0.05, 0) is 55.5 Å². The molecule has 13 heavy (non-hydrogen) atoms. The predicted octanol–water partition coefficient (Wildman–Crippen LogP) is 2.12. The summed E-state index contributed by atoms with van der Waals surface area (Å²) >= 11 is 0. The van der Waals surface area contributed by atoms with Crippen LogP contribution in [0, 0.1) is 27.7 Å². The van der Waals surface area contributed by atoms with Gasteiger partial charge in [0, 0.05) is 0 Å². The van der Waals surface area contributed by atoms with Crippen LogP contribution in [0.2, 0.25) is 0 Å². The highest BCUT2D eigenvalue weighted by Gasteiger charge is 2.12. The lowest BCUT2D eigenvalue weighted by atomic mass is 9.93. The van der Waals surface area contributed by atoms with Gasteiger partial charge in [0.2, 0.25) is 0 Å². The Morgan fingerprint density at radius 1 is 0.846 bits per heavy atom. The molecule has 0 amide bonds. The van der Waals surface area contributed by atoms with Gasteiger partial charge in [-0.3, -0.25) is 0 Å². The van der Waals surface area contributed by atoms with Gasteiger partial charge in [0.25, 0.3) is 0 Å². The maximum atomic E-state index is 9.71. The fraction of sp³-hybridized carbons (Fsp3) is 0.455. The second kappa shape index (κ2) is 3.38. The lowest BCUT2D eigenvalue weighted by Crippen LogP contribution is -1.99. The lowest BCUT2D eigenvalue weighted by molar-refractivity contribution is 0.280. The number of hydrogen-bond acceptors (Lipinski definition) is 2. The van der Waals surface area contributed by atoms with Crippen molar-refractivity contribution in [3.63, 3.8) is 0 Å². The zero-order chi connectivity index (χ0) is 10.2. The molecule has 1 aromatic rings. The van der Waals surface area contributed by atoms with Gasteiger partial charge in [-0.1, -0.05) is 0 Å². The quantitative estimate of drug-likeness (QED) is 0.695. The predicted molar refractivity (Wildman–Crippen MR) is 53.0 cm³/mol. The number of hydrogen-bond donors (Lipinski definition) is 2. The van der Waals surface area contributed by atoms with E-state index < -0.39 is 0 Å². The Kier molecular flexibility index (Phi) is 2.62. The van der Waals surface area contributed by atoms with Gasteiger partial charge >= 0.3 is 0 Å². The zero-order valence-electron chi connectivity index (χ0n) is 8.60. The van der Waals surface area contributed by atoms with E-state index in [0.717, 1.165) is 27.8 Å². The first-order valence-corrected chi connectivity index (χ1v) is 4.39. The third kappa shape index (κ3) is 1.42. The molecule has 2 N–H and O–H groups in total. The molecular formula is C11H16O2. The minimum Gasteiger partial charge on any atom is -0.507 e. The fourth-order valence-electron chi connectivity index (χ4n) is 1.61. The van der Waals surface area contributed by atoms with Crippen LogP contribution in [0.4, 0.5) is 0 Å². The third-order valence-corrected chi connectivity index (χ3v) is 2.90. The molecule has 0 saturated heterocycles. The van der Waals surface area contributed by atoms with Crippen molar-refractivity contribution < 1.29 is 10.2 Å². The average Bonchev–Trinajstić information content (AvgIpc) is 2.13. The van der Waals surface area contributed by atoms with Gasteiger partial charge < -0.3 is 10.2 Å². The first kappa shape index (κ1) is 10.1. The standard InChI is InChI=1S/C11H16O2/c1-6-8(3)11(13)9(4)7(2)10(6)5-12/h12-13H,5H2,1-4H3. The first-order valence-electron chi connectivity index (χ1n) is 4.39. The maximum absolute atomic E-state index is 9.71. The Bertz CT molecular complexity index is 311. The van der Waals surface area contributed by atoms with E-state index in [0.29, 0.717) is 5.75 Å². The highest BCUT2D eigenvalue weighted by Crippen LogP contribution is 2.31. The number of rotatable bonds is 1. The Morgan fingerprint density at radius 2 is 1.23 bits per heavy atom. The number of phenolic OH excluding ortho intramolecular Hbond substituents is 1. The van der Waals surface area contributed by atoms with E-state index in [1.54, 1.807) is 0 Å². The van der Waals surface area contributed by atoms with Gasteiger partial charge in [-0.2, -0.15) is 0 Å². The third-order valence-electron chi connectivity index (χ3n) is 2.90. The molecule has 1 aromatic carbocycles. The Labute approximate surface area is 78.8 Å². The smallest absolute Gasteiger partial charge is 0.121 e. The van der Waals surface area contributed by atoms with Gasteiger partial charge in [-0.15, -0.1) is 0 Å². The van der Waals surface area contributed by atoms with Crippen molar-refractivity contribution >= 4 is 0 Å². The van der Waals surface area contributed by atoms with Crippen molar-refractivity contribution in [1.82, 2.24) is 0 Å². The molecule has 0 aliphatic heterocycles.